The highest BCUT2D eigenvalue weighted by Crippen LogP contribution is 2.31. The normalized spacial score (nSPS) is 22.1. The van der Waals surface area contributed by atoms with Gasteiger partial charge in [-0.15, -0.1) is 0 Å². The van der Waals surface area contributed by atoms with E-state index < -0.39 is 5.97 Å². The second-order valence-corrected chi connectivity index (χ2v) is 8.48. The second kappa shape index (κ2) is 8.42. The third-order valence-corrected chi connectivity index (χ3v) is 6.71. The Labute approximate surface area is 172 Å². The summed E-state index contributed by atoms with van der Waals surface area (Å²) in [4.78, 5) is 12.3. The summed E-state index contributed by atoms with van der Waals surface area (Å²) in [6, 6.07) is 18.6. The van der Waals surface area contributed by atoms with Gasteiger partial charge < -0.3 is 15.0 Å². The summed E-state index contributed by atoms with van der Waals surface area (Å²) in [5.74, 6) is 0.452. The lowest BCUT2D eigenvalue weighted by molar-refractivity contribution is 0.0684. The summed E-state index contributed by atoms with van der Waals surface area (Å²) in [5.41, 5.74) is 3.38. The molecule has 1 aliphatic carbocycles. The maximum Gasteiger partial charge on any atom is 0.352 e. The molecule has 4 heteroatoms. The molecule has 3 atom stereocenters. The van der Waals surface area contributed by atoms with E-state index in [0.717, 1.165) is 28.5 Å². The van der Waals surface area contributed by atoms with Crippen molar-refractivity contribution < 1.29 is 9.90 Å². The van der Waals surface area contributed by atoms with E-state index >= 15 is 0 Å². The number of carbonyl (C=O) groups is 1. The van der Waals surface area contributed by atoms with Gasteiger partial charge in [0.25, 0.3) is 0 Å². The van der Waals surface area contributed by atoms with E-state index in [4.69, 9.17) is 0 Å². The number of aromatic nitrogens is 1. The minimum atomic E-state index is -0.862. The molecular formula is C25H30N2O2. The fourth-order valence-electron chi connectivity index (χ4n) is 4.83. The topological polar surface area (TPSA) is 54.3 Å². The molecule has 3 unspecified atom stereocenters. The van der Waals surface area contributed by atoms with Crippen LogP contribution in [0.2, 0.25) is 0 Å². The summed E-state index contributed by atoms with van der Waals surface area (Å²) >= 11 is 0. The van der Waals surface area contributed by atoms with Gasteiger partial charge in [-0.1, -0.05) is 75.2 Å². The van der Waals surface area contributed by atoms with Crippen molar-refractivity contribution in [2.75, 3.05) is 0 Å². The molecule has 0 spiro atoms. The van der Waals surface area contributed by atoms with Crippen LogP contribution in [0.1, 0.15) is 54.7 Å². The molecule has 1 aliphatic rings. The molecule has 4 nitrogen and oxygen atoms in total. The molecular weight excluding hydrogens is 360 g/mol. The van der Waals surface area contributed by atoms with Gasteiger partial charge in [0, 0.05) is 35.6 Å². The van der Waals surface area contributed by atoms with Crippen molar-refractivity contribution in [1.82, 2.24) is 9.88 Å². The van der Waals surface area contributed by atoms with Crippen molar-refractivity contribution in [3.05, 3.63) is 71.4 Å². The monoisotopic (exact) mass is 390 g/mol. The number of aromatic carboxylic acids is 1. The quantitative estimate of drug-likeness (QED) is 0.600. The largest absolute Gasteiger partial charge is 0.477 e. The van der Waals surface area contributed by atoms with Crippen LogP contribution in [0.25, 0.3) is 10.9 Å². The van der Waals surface area contributed by atoms with E-state index in [0.29, 0.717) is 36.7 Å². The van der Waals surface area contributed by atoms with E-state index in [1.54, 1.807) is 0 Å². The average molecular weight is 391 g/mol. The van der Waals surface area contributed by atoms with Crippen LogP contribution in [0.15, 0.2) is 54.6 Å². The molecule has 1 saturated carbocycles. The van der Waals surface area contributed by atoms with Crippen molar-refractivity contribution in [1.29, 1.82) is 0 Å². The zero-order valence-electron chi connectivity index (χ0n) is 17.3. The van der Waals surface area contributed by atoms with Crippen molar-refractivity contribution in [2.24, 2.45) is 11.8 Å². The summed E-state index contributed by atoms with van der Waals surface area (Å²) < 4.78 is 1.96. The number of carboxylic acids is 1. The number of rotatable bonds is 6. The number of benzene rings is 2. The smallest absolute Gasteiger partial charge is 0.352 e. The van der Waals surface area contributed by atoms with Crippen LogP contribution < -0.4 is 5.32 Å². The number of nitrogens with one attached hydrogen (secondary N) is 1. The molecule has 4 rings (SSSR count). The van der Waals surface area contributed by atoms with Gasteiger partial charge >= 0.3 is 5.97 Å². The summed E-state index contributed by atoms with van der Waals surface area (Å²) in [6.07, 6.45) is 3.69. The molecule has 1 heterocycles. The molecule has 0 saturated heterocycles. The van der Waals surface area contributed by atoms with Gasteiger partial charge in [0.15, 0.2) is 0 Å². The van der Waals surface area contributed by atoms with Crippen LogP contribution in [-0.4, -0.2) is 21.7 Å². The Morgan fingerprint density at radius 1 is 1.07 bits per heavy atom. The minimum Gasteiger partial charge on any atom is -0.477 e. The Morgan fingerprint density at radius 2 is 1.79 bits per heavy atom. The number of nitrogens with zero attached hydrogens (tertiary/aromatic N) is 1. The molecule has 3 aromatic rings. The van der Waals surface area contributed by atoms with Gasteiger partial charge in [-0.25, -0.2) is 4.79 Å². The first-order chi connectivity index (χ1) is 14.1. The van der Waals surface area contributed by atoms with Crippen molar-refractivity contribution in [2.45, 2.75) is 52.2 Å². The van der Waals surface area contributed by atoms with Crippen molar-refractivity contribution >= 4 is 16.9 Å². The van der Waals surface area contributed by atoms with Crippen LogP contribution >= 0.6 is 0 Å². The summed E-state index contributed by atoms with van der Waals surface area (Å²) in [5, 5.41) is 14.8. The SMILES string of the molecule is CC1CCCC(NCc2c(C(=O)O)n(Cc3ccccc3)c3ccccc23)C1C. The van der Waals surface area contributed by atoms with Gasteiger partial charge in [0.2, 0.25) is 0 Å². The van der Waals surface area contributed by atoms with Gasteiger partial charge in [0.05, 0.1) is 0 Å². The predicted molar refractivity (Wildman–Crippen MR) is 117 cm³/mol. The van der Waals surface area contributed by atoms with Gasteiger partial charge in [0.1, 0.15) is 5.69 Å². The lowest BCUT2D eigenvalue weighted by atomic mass is 9.78. The zero-order valence-corrected chi connectivity index (χ0v) is 17.3. The van der Waals surface area contributed by atoms with Crippen LogP contribution in [-0.2, 0) is 13.1 Å². The van der Waals surface area contributed by atoms with Crippen LogP contribution in [0.3, 0.4) is 0 Å². The van der Waals surface area contributed by atoms with Crippen LogP contribution in [0, 0.1) is 11.8 Å². The molecule has 1 aromatic heterocycles. The zero-order chi connectivity index (χ0) is 20.4. The average Bonchev–Trinajstić information content (AvgIpc) is 3.04. The third-order valence-electron chi connectivity index (χ3n) is 6.71. The molecule has 29 heavy (non-hydrogen) atoms. The molecule has 152 valence electrons. The Balaban J connectivity index is 1.71. The first kappa shape index (κ1) is 19.7. The Bertz CT molecular complexity index is 993. The van der Waals surface area contributed by atoms with Crippen molar-refractivity contribution in [3.8, 4) is 0 Å². The van der Waals surface area contributed by atoms with E-state index in [2.05, 4.69) is 19.2 Å². The minimum absolute atomic E-state index is 0.402. The highest BCUT2D eigenvalue weighted by atomic mass is 16.4. The van der Waals surface area contributed by atoms with Crippen LogP contribution in [0.4, 0.5) is 0 Å². The van der Waals surface area contributed by atoms with Crippen molar-refractivity contribution in [3.63, 3.8) is 0 Å². The first-order valence-corrected chi connectivity index (χ1v) is 10.7. The molecule has 2 aromatic carbocycles. The number of carboxylic acid groups (broad SMARTS) is 1. The van der Waals surface area contributed by atoms with Gasteiger partial charge in [-0.3, -0.25) is 0 Å². The lowest BCUT2D eigenvalue weighted by Crippen LogP contribution is -2.40. The maximum atomic E-state index is 12.3. The van der Waals surface area contributed by atoms with E-state index in [1.165, 1.54) is 12.8 Å². The summed E-state index contributed by atoms with van der Waals surface area (Å²) in [6.45, 7) is 5.79. The molecule has 0 amide bonds. The third kappa shape index (κ3) is 3.95. The summed E-state index contributed by atoms with van der Waals surface area (Å²) in [7, 11) is 0. The van der Waals surface area contributed by atoms with E-state index in [9.17, 15) is 9.90 Å². The van der Waals surface area contributed by atoms with Crippen LogP contribution in [0.5, 0.6) is 0 Å². The fourth-order valence-corrected chi connectivity index (χ4v) is 4.83. The lowest BCUT2D eigenvalue weighted by Gasteiger charge is -2.34. The maximum absolute atomic E-state index is 12.3. The molecule has 2 N–H and O–H groups in total. The standard InChI is InChI=1S/C25H30N2O2/c1-17-9-8-13-22(18(17)2)26-15-21-20-12-6-7-14-23(20)27(24(21)25(28)29)16-19-10-4-3-5-11-19/h3-7,10-12,14,17-18,22,26H,8-9,13,15-16H2,1-2H3,(H,28,29). The molecule has 0 radical (unpaired) electrons. The van der Waals surface area contributed by atoms with E-state index in [1.807, 2.05) is 59.2 Å². The molecule has 0 bridgehead atoms. The predicted octanol–water partition coefficient (Wildman–Crippen LogP) is 5.30. The Morgan fingerprint density at radius 3 is 2.55 bits per heavy atom. The first-order valence-electron chi connectivity index (χ1n) is 10.7. The number of fused-ring (bicyclic) bond motifs is 1. The number of para-hydroxylation sites is 1. The molecule has 0 aliphatic heterocycles. The Kier molecular flexibility index (Phi) is 5.72. The second-order valence-electron chi connectivity index (χ2n) is 8.48. The number of hydrogen-bond donors (Lipinski definition) is 2. The Hall–Kier alpha value is -2.59. The van der Waals surface area contributed by atoms with E-state index in [-0.39, 0.29) is 0 Å². The fraction of sp³-hybridized carbons (Fsp3) is 0.400. The van der Waals surface area contributed by atoms with Gasteiger partial charge in [-0.2, -0.15) is 0 Å². The highest BCUT2D eigenvalue weighted by Gasteiger charge is 2.28. The van der Waals surface area contributed by atoms with Gasteiger partial charge in [-0.05, 0) is 29.9 Å². The number of hydrogen-bond acceptors (Lipinski definition) is 2. The highest BCUT2D eigenvalue weighted by molar-refractivity contribution is 5.98. The molecule has 1 fully saturated rings.